The molecular weight excluding hydrogens is 354 g/mol. The van der Waals surface area contributed by atoms with Crippen LogP contribution in [0.1, 0.15) is 43.1 Å². The Labute approximate surface area is 165 Å². The SMILES string of the molecule is CCOc1ccccc1CNC(=O)c1ccc2c(c1)NC(=O)C(C(C)CC)N2. The molecule has 2 aromatic carbocycles. The van der Waals surface area contributed by atoms with Crippen LogP contribution in [0.15, 0.2) is 42.5 Å². The minimum Gasteiger partial charge on any atom is -0.494 e. The molecule has 1 heterocycles. The Morgan fingerprint density at radius 2 is 1.96 bits per heavy atom. The third kappa shape index (κ3) is 4.27. The number of fused-ring (bicyclic) bond motifs is 1. The van der Waals surface area contributed by atoms with Gasteiger partial charge < -0.3 is 20.7 Å². The zero-order chi connectivity index (χ0) is 20.1. The van der Waals surface area contributed by atoms with Crippen molar-refractivity contribution >= 4 is 23.2 Å². The van der Waals surface area contributed by atoms with Crippen molar-refractivity contribution in [2.75, 3.05) is 17.2 Å². The Morgan fingerprint density at radius 1 is 1.18 bits per heavy atom. The first-order chi connectivity index (χ1) is 13.5. The molecule has 0 aromatic heterocycles. The van der Waals surface area contributed by atoms with E-state index in [9.17, 15) is 9.59 Å². The quantitative estimate of drug-likeness (QED) is 0.682. The fourth-order valence-corrected chi connectivity index (χ4v) is 3.22. The largest absolute Gasteiger partial charge is 0.494 e. The van der Waals surface area contributed by atoms with Crippen LogP contribution in [0.4, 0.5) is 11.4 Å². The molecular formula is C22H27N3O3. The van der Waals surface area contributed by atoms with Gasteiger partial charge in [0.1, 0.15) is 11.8 Å². The molecule has 0 saturated carbocycles. The predicted molar refractivity (Wildman–Crippen MR) is 111 cm³/mol. The first-order valence-electron chi connectivity index (χ1n) is 9.73. The van der Waals surface area contributed by atoms with Gasteiger partial charge in [0.2, 0.25) is 5.91 Å². The molecule has 6 nitrogen and oxygen atoms in total. The third-order valence-corrected chi connectivity index (χ3v) is 5.06. The van der Waals surface area contributed by atoms with Crippen molar-refractivity contribution in [2.45, 2.75) is 39.8 Å². The average molecular weight is 381 g/mol. The molecule has 1 aliphatic heterocycles. The summed E-state index contributed by atoms with van der Waals surface area (Å²) in [6, 6.07) is 12.7. The highest BCUT2D eigenvalue weighted by atomic mass is 16.5. The highest BCUT2D eigenvalue weighted by Crippen LogP contribution is 2.30. The van der Waals surface area contributed by atoms with Gasteiger partial charge in [-0.2, -0.15) is 0 Å². The molecule has 6 heteroatoms. The van der Waals surface area contributed by atoms with Gasteiger partial charge in [-0.25, -0.2) is 0 Å². The number of carbonyl (C=O) groups excluding carboxylic acids is 2. The fourth-order valence-electron chi connectivity index (χ4n) is 3.22. The minimum absolute atomic E-state index is 0.0648. The van der Waals surface area contributed by atoms with Gasteiger partial charge >= 0.3 is 0 Å². The van der Waals surface area contributed by atoms with Crippen molar-refractivity contribution in [3.8, 4) is 5.75 Å². The van der Waals surface area contributed by atoms with Crippen LogP contribution in [-0.2, 0) is 11.3 Å². The third-order valence-electron chi connectivity index (χ3n) is 5.06. The lowest BCUT2D eigenvalue weighted by Gasteiger charge is -2.30. The highest BCUT2D eigenvalue weighted by Gasteiger charge is 2.29. The predicted octanol–water partition coefficient (Wildman–Crippen LogP) is 3.79. The molecule has 0 saturated heterocycles. The number of rotatable bonds is 7. The van der Waals surface area contributed by atoms with E-state index in [2.05, 4.69) is 22.9 Å². The van der Waals surface area contributed by atoms with Gasteiger partial charge in [-0.15, -0.1) is 0 Å². The summed E-state index contributed by atoms with van der Waals surface area (Å²) < 4.78 is 5.59. The maximum Gasteiger partial charge on any atom is 0.251 e. The lowest BCUT2D eigenvalue weighted by molar-refractivity contribution is -0.118. The van der Waals surface area contributed by atoms with Crippen LogP contribution in [0.3, 0.4) is 0 Å². The lowest BCUT2D eigenvalue weighted by atomic mass is 9.95. The number of benzene rings is 2. The van der Waals surface area contributed by atoms with Crippen molar-refractivity contribution in [1.29, 1.82) is 0 Å². The number of para-hydroxylation sites is 1. The average Bonchev–Trinajstić information content (AvgIpc) is 2.71. The summed E-state index contributed by atoms with van der Waals surface area (Å²) >= 11 is 0. The highest BCUT2D eigenvalue weighted by molar-refractivity contribution is 6.05. The number of carbonyl (C=O) groups is 2. The van der Waals surface area contributed by atoms with Crippen molar-refractivity contribution in [1.82, 2.24) is 5.32 Å². The number of anilines is 2. The van der Waals surface area contributed by atoms with Crippen LogP contribution in [0.5, 0.6) is 5.75 Å². The summed E-state index contributed by atoms with van der Waals surface area (Å²) in [6.07, 6.45) is 0.907. The number of hydrogen-bond acceptors (Lipinski definition) is 4. The van der Waals surface area contributed by atoms with Crippen molar-refractivity contribution in [3.05, 3.63) is 53.6 Å². The zero-order valence-corrected chi connectivity index (χ0v) is 16.5. The second-order valence-corrected chi connectivity index (χ2v) is 6.98. The van der Waals surface area contributed by atoms with E-state index in [1.807, 2.05) is 44.2 Å². The summed E-state index contributed by atoms with van der Waals surface area (Å²) in [6.45, 7) is 6.97. The smallest absolute Gasteiger partial charge is 0.251 e. The first kappa shape index (κ1) is 19.7. The van der Waals surface area contributed by atoms with Gasteiger partial charge in [0.25, 0.3) is 5.91 Å². The van der Waals surface area contributed by atoms with E-state index in [0.717, 1.165) is 23.4 Å². The molecule has 28 heavy (non-hydrogen) atoms. The van der Waals surface area contributed by atoms with Crippen molar-refractivity contribution < 1.29 is 14.3 Å². The zero-order valence-electron chi connectivity index (χ0n) is 16.5. The molecule has 0 aliphatic carbocycles. The van der Waals surface area contributed by atoms with Gasteiger partial charge in [0.15, 0.2) is 0 Å². The normalized spacial score (nSPS) is 16.4. The van der Waals surface area contributed by atoms with Crippen LogP contribution in [0.2, 0.25) is 0 Å². The molecule has 3 rings (SSSR count). The number of hydrogen-bond donors (Lipinski definition) is 3. The minimum atomic E-state index is -0.257. The Balaban J connectivity index is 1.70. The monoisotopic (exact) mass is 381 g/mol. The van der Waals surface area contributed by atoms with E-state index in [1.165, 1.54) is 0 Å². The summed E-state index contributed by atoms with van der Waals surface area (Å²) in [5.41, 5.74) is 2.88. The van der Waals surface area contributed by atoms with E-state index in [-0.39, 0.29) is 23.8 Å². The van der Waals surface area contributed by atoms with E-state index >= 15 is 0 Å². The van der Waals surface area contributed by atoms with E-state index < -0.39 is 0 Å². The van der Waals surface area contributed by atoms with E-state index in [4.69, 9.17) is 4.74 Å². The molecule has 0 spiro atoms. The van der Waals surface area contributed by atoms with E-state index in [1.54, 1.807) is 12.1 Å². The molecule has 0 radical (unpaired) electrons. The molecule has 2 amide bonds. The number of nitrogens with one attached hydrogen (secondary N) is 3. The second-order valence-electron chi connectivity index (χ2n) is 6.98. The molecule has 148 valence electrons. The Kier molecular flexibility index (Phi) is 6.19. The molecule has 2 unspecified atom stereocenters. The van der Waals surface area contributed by atoms with Crippen molar-refractivity contribution in [2.24, 2.45) is 5.92 Å². The van der Waals surface area contributed by atoms with Crippen LogP contribution >= 0.6 is 0 Å². The maximum absolute atomic E-state index is 12.6. The molecule has 2 aromatic rings. The summed E-state index contributed by atoms with van der Waals surface area (Å²) in [5, 5.41) is 9.12. The van der Waals surface area contributed by atoms with E-state index in [0.29, 0.717) is 24.4 Å². The van der Waals surface area contributed by atoms with Gasteiger partial charge in [-0.1, -0.05) is 38.5 Å². The van der Waals surface area contributed by atoms with Gasteiger partial charge in [-0.3, -0.25) is 9.59 Å². The summed E-state index contributed by atoms with van der Waals surface area (Å²) in [4.78, 5) is 24.9. The lowest BCUT2D eigenvalue weighted by Crippen LogP contribution is -2.43. The fraction of sp³-hybridized carbons (Fsp3) is 0.364. The molecule has 0 bridgehead atoms. The van der Waals surface area contributed by atoms with Crippen LogP contribution < -0.4 is 20.7 Å². The summed E-state index contributed by atoms with van der Waals surface area (Å²) in [7, 11) is 0. The van der Waals surface area contributed by atoms with Gasteiger partial charge in [0.05, 0.1) is 18.0 Å². The first-order valence-corrected chi connectivity index (χ1v) is 9.73. The number of amides is 2. The molecule has 0 fully saturated rings. The van der Waals surface area contributed by atoms with Crippen LogP contribution in [0, 0.1) is 5.92 Å². The van der Waals surface area contributed by atoms with Gasteiger partial charge in [0, 0.05) is 17.7 Å². The maximum atomic E-state index is 12.6. The van der Waals surface area contributed by atoms with Gasteiger partial charge in [-0.05, 0) is 37.1 Å². The Morgan fingerprint density at radius 3 is 2.71 bits per heavy atom. The standard InChI is InChI=1S/C22H27N3O3/c1-4-14(3)20-22(27)25-18-12-15(10-11-17(18)24-20)21(26)23-13-16-8-6-7-9-19(16)28-5-2/h6-12,14,20,24H,4-5,13H2,1-3H3,(H,23,26)(H,25,27). The van der Waals surface area contributed by atoms with Crippen LogP contribution in [0.25, 0.3) is 0 Å². The van der Waals surface area contributed by atoms with Crippen molar-refractivity contribution in [3.63, 3.8) is 0 Å². The molecule has 2 atom stereocenters. The molecule has 3 N–H and O–H groups in total. The topological polar surface area (TPSA) is 79.5 Å². The Hall–Kier alpha value is -3.02. The molecule has 1 aliphatic rings. The summed E-state index contributed by atoms with van der Waals surface area (Å²) in [5.74, 6) is 0.724. The number of ether oxygens (including phenoxy) is 1. The van der Waals surface area contributed by atoms with Crippen LogP contribution in [-0.4, -0.2) is 24.5 Å². The second kappa shape index (κ2) is 8.78. The Bertz CT molecular complexity index is 866.